The normalized spacial score (nSPS) is 20.0. The van der Waals surface area contributed by atoms with Crippen LogP contribution in [-0.2, 0) is 16.1 Å². The van der Waals surface area contributed by atoms with Crippen molar-refractivity contribution < 1.29 is 23.8 Å². The van der Waals surface area contributed by atoms with Crippen LogP contribution >= 0.6 is 11.3 Å². The molecule has 140 valence electrons. The molecule has 0 aliphatic heterocycles. The molecule has 2 aromatic heterocycles. The zero-order valence-electron chi connectivity index (χ0n) is 14.8. The summed E-state index contributed by atoms with van der Waals surface area (Å²) in [5.74, 6) is 0.360. The van der Waals surface area contributed by atoms with Gasteiger partial charge in [-0.05, 0) is 50.8 Å². The molecular weight excluding hydrogens is 357 g/mol. The lowest BCUT2D eigenvalue weighted by atomic mass is 9.87. The third kappa shape index (κ3) is 4.04. The first-order valence-electron chi connectivity index (χ1n) is 8.63. The van der Waals surface area contributed by atoms with Crippen molar-refractivity contribution in [2.75, 3.05) is 7.11 Å². The third-order valence-corrected chi connectivity index (χ3v) is 5.66. The molecule has 2 heterocycles. The van der Waals surface area contributed by atoms with E-state index in [-0.39, 0.29) is 29.7 Å². The molecule has 0 saturated heterocycles. The van der Waals surface area contributed by atoms with E-state index in [0.29, 0.717) is 34.0 Å². The van der Waals surface area contributed by atoms with Crippen LogP contribution in [0.15, 0.2) is 18.2 Å². The number of ether oxygens (including phenoxy) is 2. The largest absolute Gasteiger partial charge is 0.489 e. The van der Waals surface area contributed by atoms with Crippen LogP contribution in [0.1, 0.15) is 36.9 Å². The number of methoxy groups -OCH3 is 1. The van der Waals surface area contributed by atoms with Crippen molar-refractivity contribution in [1.29, 1.82) is 0 Å². The fourth-order valence-corrected chi connectivity index (χ4v) is 4.21. The highest BCUT2D eigenvalue weighted by molar-refractivity contribution is 7.14. The Kier molecular flexibility index (Phi) is 5.88. The van der Waals surface area contributed by atoms with E-state index in [1.165, 1.54) is 13.2 Å². The molecule has 5 nitrogen and oxygen atoms in total. The second-order valence-corrected chi connectivity index (χ2v) is 7.47. The smallest absolute Gasteiger partial charge is 0.308 e. The summed E-state index contributed by atoms with van der Waals surface area (Å²) < 4.78 is 24.4. The van der Waals surface area contributed by atoms with E-state index >= 15 is 0 Å². The Morgan fingerprint density at radius 2 is 2.23 bits per heavy atom. The summed E-state index contributed by atoms with van der Waals surface area (Å²) in [7, 11) is 1.41. The molecule has 0 amide bonds. The molecule has 1 fully saturated rings. The van der Waals surface area contributed by atoms with Crippen molar-refractivity contribution in [3.63, 3.8) is 0 Å². The molecule has 7 heteroatoms. The number of aryl methyl sites for hydroxylation is 1. The predicted octanol–water partition coefficient (Wildman–Crippen LogP) is 3.86. The summed E-state index contributed by atoms with van der Waals surface area (Å²) in [5.41, 5.74) is 1.84. The molecule has 1 aliphatic rings. The highest BCUT2D eigenvalue weighted by Crippen LogP contribution is 2.34. The highest BCUT2D eigenvalue weighted by atomic mass is 32.1. The Balaban J connectivity index is 1.75. The Morgan fingerprint density at radius 1 is 1.42 bits per heavy atom. The number of nitrogens with zero attached hydrogens (tertiary/aromatic N) is 1. The molecule has 0 bridgehead atoms. The summed E-state index contributed by atoms with van der Waals surface area (Å²) >= 11 is 0.967. The standard InChI is InChI=1S/C19H22FNO4S/c1-11-16(25-14-5-3-4-12(8-14)19(23)24-2)7-6-15(21-11)18-13(10-22)9-17(20)26-18/h6-7,9,12,14,22H,3-5,8,10H2,1-2H3/t12-,14-/m0/s1. The number of aliphatic hydroxyl groups excluding tert-OH is 1. The van der Waals surface area contributed by atoms with Crippen LogP contribution < -0.4 is 4.74 Å². The third-order valence-electron chi connectivity index (χ3n) is 4.67. The SMILES string of the molecule is COC(=O)[C@H]1CCC[C@H](Oc2ccc(-c3sc(F)cc3CO)nc2C)C1. The molecule has 1 aliphatic carbocycles. The van der Waals surface area contributed by atoms with Gasteiger partial charge in [0.15, 0.2) is 5.13 Å². The van der Waals surface area contributed by atoms with Crippen LogP contribution in [0.2, 0.25) is 0 Å². The van der Waals surface area contributed by atoms with Crippen molar-refractivity contribution in [1.82, 2.24) is 4.98 Å². The van der Waals surface area contributed by atoms with Gasteiger partial charge in [0, 0.05) is 5.56 Å². The van der Waals surface area contributed by atoms with E-state index in [9.17, 15) is 14.3 Å². The first-order chi connectivity index (χ1) is 12.5. The van der Waals surface area contributed by atoms with Crippen molar-refractivity contribution in [2.45, 2.75) is 45.3 Å². The lowest BCUT2D eigenvalue weighted by molar-refractivity contribution is -0.147. The highest BCUT2D eigenvalue weighted by Gasteiger charge is 2.29. The number of halogens is 1. The maximum Gasteiger partial charge on any atom is 0.308 e. The van der Waals surface area contributed by atoms with Crippen LogP contribution in [0.25, 0.3) is 10.6 Å². The fraction of sp³-hybridized carbons (Fsp3) is 0.474. The number of carbonyl (C=O) groups is 1. The van der Waals surface area contributed by atoms with Gasteiger partial charge in [0.1, 0.15) is 5.75 Å². The Labute approximate surface area is 155 Å². The molecule has 26 heavy (non-hydrogen) atoms. The van der Waals surface area contributed by atoms with Gasteiger partial charge in [-0.1, -0.05) is 0 Å². The quantitative estimate of drug-likeness (QED) is 0.799. The van der Waals surface area contributed by atoms with Gasteiger partial charge in [0.25, 0.3) is 0 Å². The molecule has 1 saturated carbocycles. The Morgan fingerprint density at radius 3 is 2.92 bits per heavy atom. The average Bonchev–Trinajstić information content (AvgIpc) is 3.04. The lowest BCUT2D eigenvalue weighted by Crippen LogP contribution is -2.30. The van der Waals surface area contributed by atoms with Gasteiger partial charge in [-0.25, -0.2) is 4.98 Å². The van der Waals surface area contributed by atoms with Gasteiger partial charge in [-0.15, -0.1) is 11.3 Å². The average molecular weight is 379 g/mol. The van der Waals surface area contributed by atoms with E-state index in [2.05, 4.69) is 4.98 Å². The van der Waals surface area contributed by atoms with Crippen LogP contribution in [0, 0.1) is 18.0 Å². The number of esters is 1. The van der Waals surface area contributed by atoms with E-state index in [1.807, 2.05) is 13.0 Å². The number of aliphatic hydroxyl groups is 1. The van der Waals surface area contributed by atoms with Gasteiger partial charge < -0.3 is 14.6 Å². The molecule has 1 N–H and O–H groups in total. The van der Waals surface area contributed by atoms with Gasteiger partial charge in [0.2, 0.25) is 0 Å². The van der Waals surface area contributed by atoms with Crippen LogP contribution in [0.4, 0.5) is 4.39 Å². The van der Waals surface area contributed by atoms with Crippen molar-refractivity contribution in [3.05, 3.63) is 34.6 Å². The number of pyridine rings is 1. The molecule has 0 radical (unpaired) electrons. The van der Waals surface area contributed by atoms with Crippen LogP contribution in [0.3, 0.4) is 0 Å². The van der Waals surface area contributed by atoms with Gasteiger partial charge in [-0.3, -0.25) is 4.79 Å². The predicted molar refractivity (Wildman–Crippen MR) is 96.6 cm³/mol. The Bertz CT molecular complexity index is 792. The molecule has 0 unspecified atom stereocenters. The summed E-state index contributed by atoms with van der Waals surface area (Å²) in [5, 5.41) is 9.03. The zero-order chi connectivity index (χ0) is 18.7. The molecule has 2 atom stereocenters. The van der Waals surface area contributed by atoms with Gasteiger partial charge in [-0.2, -0.15) is 4.39 Å². The second kappa shape index (κ2) is 8.14. The zero-order valence-corrected chi connectivity index (χ0v) is 15.6. The lowest BCUT2D eigenvalue weighted by Gasteiger charge is -2.28. The van der Waals surface area contributed by atoms with Crippen LogP contribution in [-0.4, -0.2) is 29.3 Å². The maximum atomic E-state index is 13.5. The molecule has 0 spiro atoms. The monoisotopic (exact) mass is 379 g/mol. The number of carbonyl (C=O) groups excluding carboxylic acids is 1. The summed E-state index contributed by atoms with van der Waals surface area (Å²) in [6.07, 6.45) is 3.23. The second-order valence-electron chi connectivity index (χ2n) is 6.47. The number of thiophene rings is 1. The topological polar surface area (TPSA) is 68.7 Å². The van der Waals surface area contributed by atoms with E-state index in [1.54, 1.807) is 6.07 Å². The number of rotatable bonds is 5. The van der Waals surface area contributed by atoms with Crippen molar-refractivity contribution in [2.24, 2.45) is 5.92 Å². The summed E-state index contributed by atoms with van der Waals surface area (Å²) in [6.45, 7) is 1.60. The van der Waals surface area contributed by atoms with E-state index in [4.69, 9.17) is 9.47 Å². The summed E-state index contributed by atoms with van der Waals surface area (Å²) in [4.78, 5) is 16.9. The molecular formula is C19H22FNO4S. The van der Waals surface area contributed by atoms with Crippen molar-refractivity contribution in [3.8, 4) is 16.3 Å². The number of hydrogen-bond acceptors (Lipinski definition) is 6. The molecule has 3 rings (SSSR count). The van der Waals surface area contributed by atoms with E-state index in [0.717, 1.165) is 30.6 Å². The first-order valence-corrected chi connectivity index (χ1v) is 9.45. The molecule has 0 aromatic carbocycles. The first kappa shape index (κ1) is 18.8. The Hall–Kier alpha value is -1.99. The van der Waals surface area contributed by atoms with Crippen molar-refractivity contribution >= 4 is 17.3 Å². The van der Waals surface area contributed by atoms with Gasteiger partial charge in [0.05, 0.1) is 42.0 Å². The minimum atomic E-state index is -0.347. The minimum absolute atomic E-state index is 0.0496. The summed E-state index contributed by atoms with van der Waals surface area (Å²) in [6, 6.07) is 4.92. The maximum absolute atomic E-state index is 13.5. The van der Waals surface area contributed by atoms with Crippen LogP contribution in [0.5, 0.6) is 5.75 Å². The van der Waals surface area contributed by atoms with Gasteiger partial charge >= 0.3 is 5.97 Å². The number of aromatic nitrogens is 1. The molecule has 2 aromatic rings. The fourth-order valence-electron chi connectivity index (χ4n) is 3.34. The number of hydrogen-bond donors (Lipinski definition) is 1. The van der Waals surface area contributed by atoms with E-state index < -0.39 is 0 Å². The minimum Gasteiger partial charge on any atom is -0.489 e.